The van der Waals surface area contributed by atoms with Gasteiger partial charge in [0, 0.05) is 17.3 Å². The maximum absolute atomic E-state index is 13.1. The lowest BCUT2D eigenvalue weighted by atomic mass is 9.93. The molecule has 0 radical (unpaired) electrons. The zero-order valence-electron chi connectivity index (χ0n) is 18.3. The quantitative estimate of drug-likeness (QED) is 0.523. The van der Waals surface area contributed by atoms with E-state index in [4.69, 9.17) is 4.74 Å². The fraction of sp³-hybridized carbons (Fsp3) is 0.478. The van der Waals surface area contributed by atoms with Crippen molar-refractivity contribution in [3.8, 4) is 5.88 Å². The standard InChI is InChI=1S/C23H26FN5O2S.ClH/c1-25-15-4-6-16(7-5-15)31-22-21-20-13(2-8-17(20)32-23(21)28-12-27-22)10-19(30)29-18-9-3-14(24)11-26-18;/h3,9,11-13,15-16,25H,2,4-8,10H2,1H3,(H,26,29,30);1H/t13-,15?,16?;/m0./s1. The summed E-state index contributed by atoms with van der Waals surface area (Å²) in [4.78, 5) is 27.8. The molecule has 1 atom stereocenters. The Morgan fingerprint density at radius 2 is 2.00 bits per heavy atom. The van der Waals surface area contributed by atoms with E-state index in [0.717, 1.165) is 60.5 Å². The molecule has 3 aromatic rings. The van der Waals surface area contributed by atoms with Crippen LogP contribution in [0.5, 0.6) is 5.88 Å². The van der Waals surface area contributed by atoms with E-state index in [1.807, 2.05) is 7.05 Å². The molecule has 176 valence electrons. The summed E-state index contributed by atoms with van der Waals surface area (Å²) in [7, 11) is 2.01. The number of aryl methyl sites for hydroxylation is 1. The van der Waals surface area contributed by atoms with Crippen molar-refractivity contribution in [1.29, 1.82) is 0 Å². The zero-order chi connectivity index (χ0) is 22.1. The lowest BCUT2D eigenvalue weighted by molar-refractivity contribution is -0.116. The third-order valence-electron chi connectivity index (χ3n) is 6.48. The van der Waals surface area contributed by atoms with Crippen LogP contribution in [0.15, 0.2) is 24.7 Å². The predicted molar refractivity (Wildman–Crippen MR) is 129 cm³/mol. The number of ether oxygens (including phenoxy) is 1. The average molecular weight is 492 g/mol. The number of carbonyl (C=O) groups is 1. The van der Waals surface area contributed by atoms with Crippen molar-refractivity contribution in [2.24, 2.45) is 0 Å². The molecule has 33 heavy (non-hydrogen) atoms. The van der Waals surface area contributed by atoms with E-state index in [0.29, 0.717) is 24.2 Å². The van der Waals surface area contributed by atoms with Crippen LogP contribution in [0.3, 0.4) is 0 Å². The fourth-order valence-electron chi connectivity index (χ4n) is 4.83. The van der Waals surface area contributed by atoms with E-state index in [2.05, 4.69) is 25.6 Å². The first kappa shape index (κ1) is 23.8. The number of hydrogen-bond acceptors (Lipinski definition) is 7. The molecule has 0 aromatic carbocycles. The Labute approximate surface area is 202 Å². The van der Waals surface area contributed by atoms with E-state index in [-0.39, 0.29) is 30.3 Å². The van der Waals surface area contributed by atoms with Gasteiger partial charge in [0.25, 0.3) is 0 Å². The maximum atomic E-state index is 13.1. The van der Waals surface area contributed by atoms with Gasteiger partial charge in [0.15, 0.2) is 0 Å². The summed E-state index contributed by atoms with van der Waals surface area (Å²) in [6.45, 7) is 0. The first-order valence-electron chi connectivity index (χ1n) is 11.1. The van der Waals surface area contributed by atoms with Gasteiger partial charge in [0.05, 0.1) is 11.6 Å². The van der Waals surface area contributed by atoms with Crippen molar-refractivity contribution in [2.75, 3.05) is 12.4 Å². The van der Waals surface area contributed by atoms with Gasteiger partial charge in [0.1, 0.15) is 28.9 Å². The third kappa shape index (κ3) is 5.10. The minimum atomic E-state index is -0.430. The van der Waals surface area contributed by atoms with Crippen LogP contribution in [0.4, 0.5) is 10.2 Å². The Bertz CT molecular complexity index is 1120. The Balaban J connectivity index is 0.00000259. The number of anilines is 1. The predicted octanol–water partition coefficient (Wildman–Crippen LogP) is 4.62. The number of halogens is 2. The second-order valence-electron chi connectivity index (χ2n) is 8.53. The zero-order valence-corrected chi connectivity index (χ0v) is 20.0. The average Bonchev–Trinajstić information content (AvgIpc) is 3.36. The number of nitrogens with one attached hydrogen (secondary N) is 2. The number of aromatic nitrogens is 3. The van der Waals surface area contributed by atoms with Gasteiger partial charge in [0.2, 0.25) is 11.8 Å². The summed E-state index contributed by atoms with van der Waals surface area (Å²) in [6.07, 6.45) is 9.18. The molecule has 3 heterocycles. The smallest absolute Gasteiger partial charge is 0.226 e. The lowest BCUT2D eigenvalue weighted by Gasteiger charge is -2.28. The third-order valence-corrected chi connectivity index (χ3v) is 7.66. The number of fused-ring (bicyclic) bond motifs is 3. The van der Waals surface area contributed by atoms with Crippen molar-refractivity contribution in [2.45, 2.75) is 63.0 Å². The summed E-state index contributed by atoms with van der Waals surface area (Å²) in [5, 5.41) is 7.10. The molecule has 0 aliphatic heterocycles. The minimum Gasteiger partial charge on any atom is -0.474 e. The molecule has 2 N–H and O–H groups in total. The second-order valence-corrected chi connectivity index (χ2v) is 9.61. The van der Waals surface area contributed by atoms with E-state index < -0.39 is 5.82 Å². The number of thiophene rings is 1. The summed E-state index contributed by atoms with van der Waals surface area (Å²) in [5.74, 6) is 0.515. The SMILES string of the molecule is CNC1CCC(Oc2ncnc3sc4c(c23)[C@H](CC(=O)Nc2ccc(F)cn2)CC4)CC1.Cl. The molecule has 2 aliphatic carbocycles. The van der Waals surface area contributed by atoms with Crippen LogP contribution in [-0.2, 0) is 11.2 Å². The van der Waals surface area contributed by atoms with Gasteiger partial charge >= 0.3 is 0 Å². The molecule has 3 aromatic heterocycles. The van der Waals surface area contributed by atoms with E-state index >= 15 is 0 Å². The normalized spacial score (nSPS) is 21.9. The van der Waals surface area contributed by atoms with E-state index in [1.54, 1.807) is 17.7 Å². The van der Waals surface area contributed by atoms with Gasteiger partial charge in [-0.1, -0.05) is 0 Å². The number of carbonyl (C=O) groups excluding carboxylic acids is 1. The summed E-state index contributed by atoms with van der Waals surface area (Å²) >= 11 is 1.68. The number of amides is 1. The topological polar surface area (TPSA) is 89.0 Å². The second kappa shape index (κ2) is 10.3. The van der Waals surface area contributed by atoms with Gasteiger partial charge < -0.3 is 15.4 Å². The molecule has 7 nitrogen and oxygen atoms in total. The highest BCUT2D eigenvalue weighted by Gasteiger charge is 2.32. The van der Waals surface area contributed by atoms with Crippen molar-refractivity contribution in [3.05, 3.63) is 40.9 Å². The number of pyridine rings is 1. The molecule has 0 bridgehead atoms. The van der Waals surface area contributed by atoms with Crippen molar-refractivity contribution in [3.63, 3.8) is 0 Å². The van der Waals surface area contributed by atoms with Crippen LogP contribution in [0.2, 0.25) is 0 Å². The minimum absolute atomic E-state index is 0. The van der Waals surface area contributed by atoms with Crippen molar-refractivity contribution < 1.29 is 13.9 Å². The number of rotatable bonds is 6. The maximum Gasteiger partial charge on any atom is 0.226 e. The molecule has 0 unspecified atom stereocenters. The van der Waals surface area contributed by atoms with Crippen molar-refractivity contribution >= 4 is 45.7 Å². The van der Waals surface area contributed by atoms with Gasteiger partial charge in [-0.3, -0.25) is 4.79 Å². The molecule has 10 heteroatoms. The van der Waals surface area contributed by atoms with Crippen LogP contribution in [-0.4, -0.2) is 40.1 Å². The van der Waals surface area contributed by atoms with E-state index in [9.17, 15) is 9.18 Å². The van der Waals surface area contributed by atoms with Crippen LogP contribution < -0.4 is 15.4 Å². The monoisotopic (exact) mass is 491 g/mol. The number of nitrogens with zero attached hydrogens (tertiary/aromatic N) is 3. The molecule has 2 aliphatic rings. The first-order chi connectivity index (χ1) is 15.6. The molecular formula is C23H27ClFN5O2S. The molecule has 0 spiro atoms. The lowest BCUT2D eigenvalue weighted by Crippen LogP contribution is -2.34. The highest BCUT2D eigenvalue weighted by atomic mass is 35.5. The summed E-state index contributed by atoms with van der Waals surface area (Å²) in [5.41, 5.74) is 1.16. The Morgan fingerprint density at radius 3 is 2.73 bits per heavy atom. The largest absolute Gasteiger partial charge is 0.474 e. The molecular weight excluding hydrogens is 465 g/mol. The first-order valence-corrected chi connectivity index (χ1v) is 11.9. The highest BCUT2D eigenvalue weighted by molar-refractivity contribution is 7.19. The van der Waals surface area contributed by atoms with Gasteiger partial charge in [-0.2, -0.15) is 0 Å². The Hall–Kier alpha value is -2.36. The molecule has 5 rings (SSSR count). The molecule has 1 saturated carbocycles. The van der Waals surface area contributed by atoms with Crippen LogP contribution >= 0.6 is 23.7 Å². The summed E-state index contributed by atoms with van der Waals surface area (Å²) in [6, 6.07) is 3.31. The highest BCUT2D eigenvalue weighted by Crippen LogP contribution is 2.47. The van der Waals surface area contributed by atoms with Crippen LogP contribution in [0, 0.1) is 5.82 Å². The van der Waals surface area contributed by atoms with E-state index in [1.165, 1.54) is 17.0 Å². The van der Waals surface area contributed by atoms with Crippen LogP contribution in [0.1, 0.15) is 54.9 Å². The summed E-state index contributed by atoms with van der Waals surface area (Å²) < 4.78 is 19.5. The Kier molecular flexibility index (Phi) is 7.41. The van der Waals surface area contributed by atoms with Crippen molar-refractivity contribution in [1.82, 2.24) is 20.3 Å². The molecule has 0 saturated heterocycles. The fourth-order valence-corrected chi connectivity index (χ4v) is 6.06. The Morgan fingerprint density at radius 1 is 1.18 bits per heavy atom. The van der Waals surface area contributed by atoms with Gasteiger partial charge in [-0.15, -0.1) is 23.7 Å². The van der Waals surface area contributed by atoms with Gasteiger partial charge in [-0.25, -0.2) is 19.3 Å². The molecule has 1 amide bonds. The van der Waals surface area contributed by atoms with Gasteiger partial charge in [-0.05, 0) is 69.2 Å². The molecule has 1 fully saturated rings. The van der Waals surface area contributed by atoms with Crippen LogP contribution in [0.25, 0.3) is 10.2 Å². The number of hydrogen-bond donors (Lipinski definition) is 2.